The second kappa shape index (κ2) is 5.47. The summed E-state index contributed by atoms with van der Waals surface area (Å²) in [5, 5.41) is 7.20. The van der Waals surface area contributed by atoms with Crippen molar-refractivity contribution in [2.75, 3.05) is 13.7 Å². The summed E-state index contributed by atoms with van der Waals surface area (Å²) in [6, 6.07) is 4.16. The molecule has 0 saturated heterocycles. The molecule has 7 heteroatoms. The topological polar surface area (TPSA) is 74.5 Å². The van der Waals surface area contributed by atoms with Crippen LogP contribution in [0.5, 0.6) is 5.75 Å². The molecular formula is C12H11FN2O4. The van der Waals surface area contributed by atoms with Crippen LogP contribution in [0.3, 0.4) is 0 Å². The average Bonchev–Trinajstić information content (AvgIpc) is 2.88. The third kappa shape index (κ3) is 2.70. The van der Waals surface area contributed by atoms with E-state index in [9.17, 15) is 9.18 Å². The van der Waals surface area contributed by atoms with Gasteiger partial charge in [-0.25, -0.2) is 9.18 Å². The van der Waals surface area contributed by atoms with Gasteiger partial charge in [0.1, 0.15) is 0 Å². The quantitative estimate of drug-likeness (QED) is 0.788. The van der Waals surface area contributed by atoms with Crippen LogP contribution in [0.25, 0.3) is 11.5 Å². The Morgan fingerprint density at radius 1 is 1.42 bits per heavy atom. The lowest BCUT2D eigenvalue weighted by Gasteiger charge is -2.01. The predicted molar refractivity (Wildman–Crippen MR) is 62.2 cm³/mol. The van der Waals surface area contributed by atoms with E-state index < -0.39 is 11.8 Å². The van der Waals surface area contributed by atoms with Gasteiger partial charge < -0.3 is 13.9 Å². The molecule has 0 N–H and O–H groups in total. The van der Waals surface area contributed by atoms with Gasteiger partial charge in [0.05, 0.1) is 13.7 Å². The van der Waals surface area contributed by atoms with Gasteiger partial charge in [0, 0.05) is 5.56 Å². The molecule has 6 nitrogen and oxygen atoms in total. The molecule has 0 aliphatic rings. The third-order valence-corrected chi connectivity index (χ3v) is 2.27. The highest BCUT2D eigenvalue weighted by Gasteiger charge is 2.17. The Kier molecular flexibility index (Phi) is 3.74. The summed E-state index contributed by atoms with van der Waals surface area (Å²) in [6.45, 7) is 1.86. The predicted octanol–water partition coefficient (Wildman–Crippen LogP) is 2.06. The van der Waals surface area contributed by atoms with Crippen LogP contribution in [0.1, 0.15) is 17.6 Å². The molecule has 1 heterocycles. The highest BCUT2D eigenvalue weighted by atomic mass is 19.1. The van der Waals surface area contributed by atoms with Crippen molar-refractivity contribution in [3.63, 3.8) is 0 Å². The number of carbonyl (C=O) groups is 1. The molecule has 0 atom stereocenters. The van der Waals surface area contributed by atoms with Crippen LogP contribution < -0.4 is 4.74 Å². The number of hydrogen-bond donors (Lipinski definition) is 0. The second-order valence-electron chi connectivity index (χ2n) is 3.48. The van der Waals surface area contributed by atoms with Crippen molar-refractivity contribution < 1.29 is 23.1 Å². The SMILES string of the molecule is CCOC(=O)c1nnc(-c2ccc(OC)c(F)c2)o1. The maximum Gasteiger partial charge on any atom is 0.396 e. The van der Waals surface area contributed by atoms with Crippen molar-refractivity contribution in [3.05, 3.63) is 29.9 Å². The number of hydrogen-bond acceptors (Lipinski definition) is 6. The smallest absolute Gasteiger partial charge is 0.396 e. The van der Waals surface area contributed by atoms with Gasteiger partial charge in [0.2, 0.25) is 5.89 Å². The van der Waals surface area contributed by atoms with Crippen molar-refractivity contribution in [1.29, 1.82) is 0 Å². The van der Waals surface area contributed by atoms with Gasteiger partial charge in [-0.05, 0) is 25.1 Å². The fraction of sp³-hybridized carbons (Fsp3) is 0.250. The Balaban J connectivity index is 2.27. The second-order valence-corrected chi connectivity index (χ2v) is 3.48. The molecule has 0 fully saturated rings. The number of nitrogens with zero attached hydrogens (tertiary/aromatic N) is 2. The van der Waals surface area contributed by atoms with Gasteiger partial charge in [-0.3, -0.25) is 0 Å². The Morgan fingerprint density at radius 3 is 2.84 bits per heavy atom. The number of benzene rings is 1. The van der Waals surface area contributed by atoms with E-state index in [0.29, 0.717) is 5.56 Å². The zero-order valence-electron chi connectivity index (χ0n) is 10.3. The number of rotatable bonds is 4. The summed E-state index contributed by atoms with van der Waals surface area (Å²) in [4.78, 5) is 11.3. The van der Waals surface area contributed by atoms with Crippen molar-refractivity contribution in [2.45, 2.75) is 6.92 Å². The number of esters is 1. The van der Waals surface area contributed by atoms with E-state index in [1.807, 2.05) is 0 Å². The van der Waals surface area contributed by atoms with Crippen LogP contribution in [0.15, 0.2) is 22.6 Å². The van der Waals surface area contributed by atoms with Crippen LogP contribution >= 0.6 is 0 Å². The first-order valence-electron chi connectivity index (χ1n) is 5.50. The molecule has 0 amide bonds. The standard InChI is InChI=1S/C12H11FN2O4/c1-3-18-12(16)11-15-14-10(19-11)7-4-5-9(17-2)8(13)6-7/h4-6H,3H2,1-2H3. The van der Waals surface area contributed by atoms with E-state index in [2.05, 4.69) is 10.2 Å². The first-order valence-corrected chi connectivity index (χ1v) is 5.50. The highest BCUT2D eigenvalue weighted by Crippen LogP contribution is 2.24. The molecule has 0 aliphatic carbocycles. The molecule has 0 aliphatic heterocycles. The number of carbonyl (C=O) groups excluding carboxylic acids is 1. The molecule has 100 valence electrons. The largest absolute Gasteiger partial charge is 0.494 e. The number of methoxy groups -OCH3 is 1. The molecule has 2 aromatic rings. The van der Waals surface area contributed by atoms with Crippen LogP contribution in [0, 0.1) is 5.82 Å². The van der Waals surface area contributed by atoms with Gasteiger partial charge in [0.15, 0.2) is 11.6 Å². The first kappa shape index (κ1) is 13.0. The minimum atomic E-state index is -0.713. The molecule has 0 saturated carbocycles. The molecule has 0 spiro atoms. The van der Waals surface area contributed by atoms with E-state index in [1.54, 1.807) is 13.0 Å². The molecule has 19 heavy (non-hydrogen) atoms. The van der Waals surface area contributed by atoms with Crippen molar-refractivity contribution >= 4 is 5.97 Å². The average molecular weight is 266 g/mol. The van der Waals surface area contributed by atoms with E-state index in [1.165, 1.54) is 19.2 Å². The third-order valence-electron chi connectivity index (χ3n) is 2.27. The maximum absolute atomic E-state index is 13.5. The summed E-state index contributed by atoms with van der Waals surface area (Å²) >= 11 is 0. The van der Waals surface area contributed by atoms with Gasteiger partial charge in [-0.15, -0.1) is 10.2 Å². The van der Waals surface area contributed by atoms with Crippen LogP contribution in [-0.2, 0) is 4.74 Å². The van der Waals surface area contributed by atoms with Crippen molar-refractivity contribution in [2.24, 2.45) is 0 Å². The maximum atomic E-state index is 13.5. The van der Waals surface area contributed by atoms with E-state index in [0.717, 1.165) is 0 Å². The summed E-state index contributed by atoms with van der Waals surface area (Å²) in [5.74, 6) is -1.40. The number of aromatic nitrogens is 2. The minimum absolute atomic E-state index is 0.0320. The minimum Gasteiger partial charge on any atom is -0.494 e. The van der Waals surface area contributed by atoms with E-state index in [-0.39, 0.29) is 24.1 Å². The lowest BCUT2D eigenvalue weighted by Crippen LogP contribution is -2.04. The zero-order chi connectivity index (χ0) is 13.8. The zero-order valence-corrected chi connectivity index (χ0v) is 10.3. The van der Waals surface area contributed by atoms with E-state index >= 15 is 0 Å². The molecule has 0 bridgehead atoms. The first-order chi connectivity index (χ1) is 9.15. The fourth-order valence-corrected chi connectivity index (χ4v) is 1.41. The normalized spacial score (nSPS) is 10.3. The Labute approximate surface area is 108 Å². The Hall–Kier alpha value is -2.44. The van der Waals surface area contributed by atoms with Crippen LogP contribution in [0.2, 0.25) is 0 Å². The van der Waals surface area contributed by atoms with Gasteiger partial charge >= 0.3 is 11.9 Å². The molecular weight excluding hydrogens is 255 g/mol. The summed E-state index contributed by atoms with van der Waals surface area (Å²) in [6.07, 6.45) is 0. The molecule has 0 unspecified atom stereocenters. The highest BCUT2D eigenvalue weighted by molar-refractivity contribution is 5.84. The van der Waals surface area contributed by atoms with E-state index in [4.69, 9.17) is 13.9 Å². The lowest BCUT2D eigenvalue weighted by molar-refractivity contribution is 0.0481. The Morgan fingerprint density at radius 2 is 2.21 bits per heavy atom. The molecule has 0 radical (unpaired) electrons. The molecule has 1 aromatic carbocycles. The van der Waals surface area contributed by atoms with Gasteiger partial charge in [0.25, 0.3) is 0 Å². The van der Waals surface area contributed by atoms with Crippen LogP contribution in [0.4, 0.5) is 4.39 Å². The number of ether oxygens (including phenoxy) is 2. The van der Waals surface area contributed by atoms with Gasteiger partial charge in [-0.1, -0.05) is 0 Å². The summed E-state index contributed by atoms with van der Waals surface area (Å²) < 4.78 is 28.1. The number of halogens is 1. The lowest BCUT2D eigenvalue weighted by atomic mass is 10.2. The van der Waals surface area contributed by atoms with Crippen LogP contribution in [-0.4, -0.2) is 29.9 Å². The fourth-order valence-electron chi connectivity index (χ4n) is 1.41. The Bertz CT molecular complexity index is 597. The van der Waals surface area contributed by atoms with Crippen molar-refractivity contribution in [3.8, 4) is 17.2 Å². The van der Waals surface area contributed by atoms with Gasteiger partial charge in [-0.2, -0.15) is 0 Å². The molecule has 2 rings (SSSR count). The monoisotopic (exact) mass is 266 g/mol. The summed E-state index contributed by atoms with van der Waals surface area (Å²) in [7, 11) is 1.36. The summed E-state index contributed by atoms with van der Waals surface area (Å²) in [5.41, 5.74) is 0.348. The van der Waals surface area contributed by atoms with Crippen molar-refractivity contribution in [1.82, 2.24) is 10.2 Å². The molecule has 1 aromatic heterocycles.